The number of carbonyl (C=O) groups is 3. The zero-order valence-corrected chi connectivity index (χ0v) is 22.4. The SMILES string of the molecule is CCOc1cc(/C=N\NC(=O)C(=O)Nc2cccc(Cl)c2Cl)ccc1OCC(=O)Nc1cccc(C)c1C. The molecule has 3 aromatic carbocycles. The highest BCUT2D eigenvalue weighted by Crippen LogP contribution is 2.30. The van der Waals surface area contributed by atoms with Crippen molar-refractivity contribution in [2.75, 3.05) is 23.8 Å². The Labute approximate surface area is 230 Å². The lowest BCUT2D eigenvalue weighted by molar-refractivity contribution is -0.136. The molecule has 0 aliphatic heterocycles. The lowest BCUT2D eigenvalue weighted by atomic mass is 10.1. The maximum atomic E-state index is 12.4. The molecule has 0 saturated carbocycles. The molecule has 0 fully saturated rings. The zero-order valence-electron chi connectivity index (χ0n) is 20.9. The van der Waals surface area contributed by atoms with E-state index in [0.29, 0.717) is 23.7 Å². The first-order valence-electron chi connectivity index (χ1n) is 11.5. The van der Waals surface area contributed by atoms with Gasteiger partial charge in [-0.2, -0.15) is 5.10 Å². The van der Waals surface area contributed by atoms with Crippen molar-refractivity contribution in [3.8, 4) is 11.5 Å². The molecule has 0 aromatic heterocycles. The largest absolute Gasteiger partial charge is 0.490 e. The minimum Gasteiger partial charge on any atom is -0.490 e. The van der Waals surface area contributed by atoms with Crippen molar-refractivity contribution in [1.29, 1.82) is 0 Å². The average Bonchev–Trinajstić information content (AvgIpc) is 2.89. The average molecular weight is 557 g/mol. The van der Waals surface area contributed by atoms with Gasteiger partial charge in [0.25, 0.3) is 5.91 Å². The summed E-state index contributed by atoms with van der Waals surface area (Å²) in [5, 5.41) is 9.37. The molecule has 0 bridgehead atoms. The number of nitrogens with one attached hydrogen (secondary N) is 3. The molecular formula is C27H26Cl2N4O5. The molecule has 0 spiro atoms. The highest BCUT2D eigenvalue weighted by molar-refractivity contribution is 6.45. The van der Waals surface area contributed by atoms with E-state index in [9.17, 15) is 14.4 Å². The van der Waals surface area contributed by atoms with Crippen LogP contribution in [0.3, 0.4) is 0 Å². The summed E-state index contributed by atoms with van der Waals surface area (Å²) in [6.07, 6.45) is 1.33. The first-order chi connectivity index (χ1) is 18.2. The number of carbonyl (C=O) groups excluding carboxylic acids is 3. The number of ether oxygens (including phenoxy) is 2. The number of hydrogen-bond acceptors (Lipinski definition) is 6. The number of benzene rings is 3. The maximum absolute atomic E-state index is 12.4. The third kappa shape index (κ3) is 7.71. The van der Waals surface area contributed by atoms with Gasteiger partial charge in [-0.3, -0.25) is 14.4 Å². The Morgan fingerprint density at radius 1 is 0.895 bits per heavy atom. The molecule has 0 aliphatic carbocycles. The zero-order chi connectivity index (χ0) is 27.7. The second-order valence-electron chi connectivity index (χ2n) is 7.98. The van der Waals surface area contributed by atoms with E-state index < -0.39 is 11.8 Å². The van der Waals surface area contributed by atoms with Gasteiger partial charge in [0.1, 0.15) is 0 Å². The number of halogens is 2. The molecular weight excluding hydrogens is 531 g/mol. The molecule has 198 valence electrons. The molecule has 0 heterocycles. The van der Waals surface area contributed by atoms with Crippen molar-refractivity contribution in [1.82, 2.24) is 5.43 Å². The highest BCUT2D eigenvalue weighted by Gasteiger charge is 2.16. The number of hydrogen-bond donors (Lipinski definition) is 3. The fourth-order valence-corrected chi connectivity index (χ4v) is 3.55. The Kier molecular flexibility index (Phi) is 10.1. The van der Waals surface area contributed by atoms with E-state index in [-0.39, 0.29) is 28.2 Å². The number of anilines is 2. The van der Waals surface area contributed by atoms with Crippen molar-refractivity contribution >= 4 is 58.5 Å². The quantitative estimate of drug-likeness (QED) is 0.192. The van der Waals surface area contributed by atoms with Crippen LogP contribution in [0.15, 0.2) is 59.7 Å². The van der Waals surface area contributed by atoms with Crippen LogP contribution in [0, 0.1) is 13.8 Å². The van der Waals surface area contributed by atoms with Gasteiger partial charge in [0.2, 0.25) is 0 Å². The van der Waals surface area contributed by atoms with E-state index in [2.05, 4.69) is 21.2 Å². The number of amides is 3. The molecule has 0 atom stereocenters. The van der Waals surface area contributed by atoms with Crippen LogP contribution in [-0.2, 0) is 14.4 Å². The van der Waals surface area contributed by atoms with Gasteiger partial charge < -0.3 is 20.1 Å². The molecule has 0 unspecified atom stereocenters. The molecule has 38 heavy (non-hydrogen) atoms. The summed E-state index contributed by atoms with van der Waals surface area (Å²) in [5.74, 6) is -1.54. The van der Waals surface area contributed by atoms with Gasteiger partial charge in [0.15, 0.2) is 18.1 Å². The summed E-state index contributed by atoms with van der Waals surface area (Å²) < 4.78 is 11.3. The van der Waals surface area contributed by atoms with Gasteiger partial charge in [-0.1, -0.05) is 41.4 Å². The molecule has 3 N–H and O–H groups in total. The lowest BCUT2D eigenvalue weighted by Crippen LogP contribution is -2.32. The summed E-state index contributed by atoms with van der Waals surface area (Å²) in [5.41, 5.74) is 5.67. The molecule has 3 amide bonds. The fourth-order valence-electron chi connectivity index (χ4n) is 3.20. The van der Waals surface area contributed by atoms with Crippen molar-refractivity contribution in [2.45, 2.75) is 20.8 Å². The number of nitrogens with zero attached hydrogens (tertiary/aromatic N) is 1. The van der Waals surface area contributed by atoms with Gasteiger partial charge in [0.05, 0.1) is 28.6 Å². The van der Waals surface area contributed by atoms with E-state index in [1.807, 2.05) is 39.0 Å². The second-order valence-corrected chi connectivity index (χ2v) is 8.76. The predicted octanol–water partition coefficient (Wildman–Crippen LogP) is 5.12. The van der Waals surface area contributed by atoms with Crippen molar-refractivity contribution in [3.63, 3.8) is 0 Å². The fraction of sp³-hybridized carbons (Fsp3) is 0.185. The number of rotatable bonds is 9. The lowest BCUT2D eigenvalue weighted by Gasteiger charge is -2.14. The molecule has 3 aromatic rings. The van der Waals surface area contributed by atoms with Crippen LogP contribution in [0.4, 0.5) is 11.4 Å². The van der Waals surface area contributed by atoms with Crippen molar-refractivity contribution in [2.24, 2.45) is 5.10 Å². The number of hydrazone groups is 1. The summed E-state index contributed by atoms with van der Waals surface area (Å²) >= 11 is 11.9. The van der Waals surface area contributed by atoms with Crippen LogP contribution < -0.4 is 25.5 Å². The minimum absolute atomic E-state index is 0.118. The van der Waals surface area contributed by atoms with Crippen molar-refractivity contribution in [3.05, 3.63) is 81.3 Å². The number of aryl methyl sites for hydroxylation is 1. The molecule has 9 nitrogen and oxygen atoms in total. The summed E-state index contributed by atoms with van der Waals surface area (Å²) in [4.78, 5) is 36.6. The molecule has 0 saturated heterocycles. The topological polar surface area (TPSA) is 118 Å². The Morgan fingerprint density at radius 3 is 2.39 bits per heavy atom. The second kappa shape index (κ2) is 13.5. The maximum Gasteiger partial charge on any atom is 0.329 e. The Bertz CT molecular complexity index is 1380. The smallest absolute Gasteiger partial charge is 0.329 e. The highest BCUT2D eigenvalue weighted by atomic mass is 35.5. The van der Waals surface area contributed by atoms with Crippen LogP contribution in [-0.4, -0.2) is 37.1 Å². The Morgan fingerprint density at radius 2 is 1.63 bits per heavy atom. The van der Waals surface area contributed by atoms with Crippen LogP contribution in [0.1, 0.15) is 23.6 Å². The van der Waals surface area contributed by atoms with E-state index in [4.69, 9.17) is 32.7 Å². The van der Waals surface area contributed by atoms with Crippen LogP contribution in [0.5, 0.6) is 11.5 Å². The minimum atomic E-state index is -1.00. The van der Waals surface area contributed by atoms with Crippen molar-refractivity contribution < 1.29 is 23.9 Å². The summed E-state index contributed by atoms with van der Waals surface area (Å²) in [6.45, 7) is 5.85. The van der Waals surface area contributed by atoms with Crippen LogP contribution in [0.2, 0.25) is 10.0 Å². The Balaban J connectivity index is 1.58. The molecule has 11 heteroatoms. The van der Waals surface area contributed by atoms with Gasteiger partial charge in [-0.25, -0.2) is 5.43 Å². The summed E-state index contributed by atoms with van der Waals surface area (Å²) in [6, 6.07) is 15.2. The van der Waals surface area contributed by atoms with Crippen LogP contribution >= 0.6 is 23.2 Å². The normalized spacial score (nSPS) is 10.7. The third-order valence-corrected chi connectivity index (χ3v) is 6.11. The Hall–Kier alpha value is -4.08. The standard InChI is InChI=1S/C27H26Cl2N4O5/c1-4-37-23-13-18(14-30-33-27(36)26(35)32-21-10-6-8-19(28)25(21)29)11-12-22(23)38-15-24(34)31-20-9-5-7-16(2)17(20)3/h5-14H,4,15H2,1-3H3,(H,31,34)(H,32,35)(H,33,36)/b30-14-. The molecule has 3 rings (SSSR count). The first kappa shape index (κ1) is 28.5. The van der Waals surface area contributed by atoms with Gasteiger partial charge in [-0.15, -0.1) is 0 Å². The third-order valence-electron chi connectivity index (χ3n) is 5.29. The monoisotopic (exact) mass is 556 g/mol. The molecule has 0 radical (unpaired) electrons. The van der Waals surface area contributed by atoms with Gasteiger partial charge in [-0.05, 0) is 73.9 Å². The summed E-state index contributed by atoms with van der Waals surface area (Å²) in [7, 11) is 0. The van der Waals surface area contributed by atoms with E-state index in [0.717, 1.165) is 16.8 Å². The van der Waals surface area contributed by atoms with E-state index in [1.165, 1.54) is 12.3 Å². The van der Waals surface area contributed by atoms with Gasteiger partial charge >= 0.3 is 11.8 Å². The van der Waals surface area contributed by atoms with E-state index in [1.54, 1.807) is 30.3 Å². The first-order valence-corrected chi connectivity index (χ1v) is 12.3. The van der Waals surface area contributed by atoms with E-state index >= 15 is 0 Å². The molecule has 0 aliphatic rings. The predicted molar refractivity (Wildman–Crippen MR) is 148 cm³/mol. The van der Waals surface area contributed by atoms with Crippen LogP contribution in [0.25, 0.3) is 0 Å². The van der Waals surface area contributed by atoms with Gasteiger partial charge in [0, 0.05) is 5.69 Å².